The fourth-order valence-corrected chi connectivity index (χ4v) is 3.88. The first kappa shape index (κ1) is 14.6. The van der Waals surface area contributed by atoms with Crippen LogP contribution in [0.15, 0.2) is 24.3 Å². The van der Waals surface area contributed by atoms with Gasteiger partial charge in [-0.3, -0.25) is 4.79 Å². The summed E-state index contributed by atoms with van der Waals surface area (Å²) < 4.78 is 0. The van der Waals surface area contributed by atoms with Crippen molar-refractivity contribution in [3.63, 3.8) is 0 Å². The summed E-state index contributed by atoms with van der Waals surface area (Å²) in [5, 5.41) is 3.43. The Balaban J connectivity index is 1.94. The van der Waals surface area contributed by atoms with E-state index in [9.17, 15) is 4.79 Å². The summed E-state index contributed by atoms with van der Waals surface area (Å²) in [4.78, 5) is 15.4. The molecule has 1 fully saturated rings. The maximum atomic E-state index is 13.3. The Morgan fingerprint density at radius 1 is 1.43 bits per heavy atom. The Morgan fingerprint density at radius 2 is 2.24 bits per heavy atom. The molecule has 3 rings (SSSR count). The van der Waals surface area contributed by atoms with Gasteiger partial charge < -0.3 is 10.2 Å². The zero-order valence-corrected chi connectivity index (χ0v) is 13.2. The van der Waals surface area contributed by atoms with Crippen molar-refractivity contribution in [3.05, 3.63) is 29.8 Å². The zero-order valence-electron chi connectivity index (χ0n) is 13.2. The van der Waals surface area contributed by atoms with Crippen molar-refractivity contribution in [2.45, 2.75) is 39.5 Å². The Morgan fingerprint density at radius 3 is 2.95 bits per heavy atom. The molecule has 1 aromatic rings. The molecule has 1 amide bonds. The number of benzene rings is 1. The SMILES string of the molecule is CCC1(C(=O)N2CC(C)Cc3ccccc32)CCCNC1. The molecule has 3 nitrogen and oxygen atoms in total. The smallest absolute Gasteiger partial charge is 0.234 e. The third-order valence-corrected chi connectivity index (χ3v) is 5.19. The van der Waals surface area contributed by atoms with Gasteiger partial charge >= 0.3 is 0 Å². The first-order chi connectivity index (χ1) is 10.2. The monoisotopic (exact) mass is 286 g/mol. The lowest BCUT2D eigenvalue weighted by atomic mass is 9.76. The van der Waals surface area contributed by atoms with Gasteiger partial charge in [-0.2, -0.15) is 0 Å². The van der Waals surface area contributed by atoms with E-state index in [2.05, 4.69) is 42.3 Å². The standard InChI is InChI=1S/C18H26N2O/c1-3-18(9-6-10-19-13-18)17(21)20-12-14(2)11-15-7-4-5-8-16(15)20/h4-5,7-8,14,19H,3,6,9-13H2,1-2H3. The van der Waals surface area contributed by atoms with E-state index in [0.717, 1.165) is 51.0 Å². The predicted octanol–water partition coefficient (Wildman–Crippen LogP) is 2.99. The van der Waals surface area contributed by atoms with Crippen LogP contribution in [-0.2, 0) is 11.2 Å². The van der Waals surface area contributed by atoms with Crippen LogP contribution >= 0.6 is 0 Å². The van der Waals surface area contributed by atoms with Gasteiger partial charge in [0.2, 0.25) is 5.91 Å². The van der Waals surface area contributed by atoms with E-state index in [1.54, 1.807) is 0 Å². The number of nitrogens with one attached hydrogen (secondary N) is 1. The molecule has 2 aliphatic rings. The summed E-state index contributed by atoms with van der Waals surface area (Å²) in [6.07, 6.45) is 4.12. The fraction of sp³-hybridized carbons (Fsp3) is 0.611. The van der Waals surface area contributed by atoms with Crippen LogP contribution in [0.3, 0.4) is 0 Å². The van der Waals surface area contributed by atoms with Crippen LogP contribution < -0.4 is 10.2 Å². The molecule has 2 heterocycles. The highest BCUT2D eigenvalue weighted by Gasteiger charge is 2.42. The Labute approximate surface area is 127 Å². The number of carbonyl (C=O) groups excluding carboxylic acids is 1. The summed E-state index contributed by atoms with van der Waals surface area (Å²) in [6.45, 7) is 7.13. The van der Waals surface area contributed by atoms with Crippen LogP contribution in [-0.4, -0.2) is 25.5 Å². The third-order valence-electron chi connectivity index (χ3n) is 5.19. The minimum absolute atomic E-state index is 0.206. The lowest BCUT2D eigenvalue weighted by Gasteiger charge is -2.42. The molecule has 2 atom stereocenters. The summed E-state index contributed by atoms with van der Waals surface area (Å²) in [6, 6.07) is 8.41. The van der Waals surface area contributed by atoms with Crippen molar-refractivity contribution in [2.24, 2.45) is 11.3 Å². The number of rotatable bonds is 2. The average Bonchev–Trinajstić information content (AvgIpc) is 2.54. The minimum atomic E-state index is -0.206. The molecule has 1 N–H and O–H groups in total. The summed E-state index contributed by atoms with van der Waals surface area (Å²) >= 11 is 0. The molecule has 0 aromatic heterocycles. The normalized spacial score (nSPS) is 29.0. The van der Waals surface area contributed by atoms with E-state index >= 15 is 0 Å². The highest BCUT2D eigenvalue weighted by atomic mass is 16.2. The second kappa shape index (κ2) is 5.80. The minimum Gasteiger partial charge on any atom is -0.316 e. The second-order valence-corrected chi connectivity index (χ2v) is 6.77. The number of piperidine rings is 1. The van der Waals surface area contributed by atoms with Gasteiger partial charge in [-0.1, -0.05) is 32.0 Å². The topological polar surface area (TPSA) is 32.3 Å². The molecule has 0 bridgehead atoms. The lowest BCUT2D eigenvalue weighted by Crippen LogP contribution is -2.53. The van der Waals surface area contributed by atoms with E-state index in [-0.39, 0.29) is 5.41 Å². The molecular formula is C18H26N2O. The van der Waals surface area contributed by atoms with Crippen molar-refractivity contribution in [2.75, 3.05) is 24.5 Å². The number of amides is 1. The number of hydrogen-bond acceptors (Lipinski definition) is 2. The Bertz CT molecular complexity index is 520. The molecule has 1 saturated heterocycles. The van der Waals surface area contributed by atoms with Gasteiger partial charge in [0.15, 0.2) is 0 Å². The molecular weight excluding hydrogens is 260 g/mol. The largest absolute Gasteiger partial charge is 0.316 e. The fourth-order valence-electron chi connectivity index (χ4n) is 3.88. The summed E-state index contributed by atoms with van der Waals surface area (Å²) in [5.41, 5.74) is 2.25. The maximum absolute atomic E-state index is 13.3. The van der Waals surface area contributed by atoms with Crippen LogP contribution in [0.5, 0.6) is 0 Å². The molecule has 2 unspecified atom stereocenters. The van der Waals surface area contributed by atoms with Gasteiger partial charge in [0.05, 0.1) is 5.41 Å². The summed E-state index contributed by atoms with van der Waals surface area (Å²) in [5.74, 6) is 0.866. The lowest BCUT2D eigenvalue weighted by molar-refractivity contribution is -0.129. The van der Waals surface area contributed by atoms with Crippen molar-refractivity contribution < 1.29 is 4.79 Å². The van der Waals surface area contributed by atoms with Gasteiger partial charge in [-0.05, 0) is 49.8 Å². The van der Waals surface area contributed by atoms with Gasteiger partial charge in [-0.25, -0.2) is 0 Å². The number of carbonyl (C=O) groups is 1. The van der Waals surface area contributed by atoms with Crippen molar-refractivity contribution in [1.82, 2.24) is 5.32 Å². The molecule has 114 valence electrons. The molecule has 0 radical (unpaired) electrons. The summed E-state index contributed by atoms with van der Waals surface area (Å²) in [7, 11) is 0. The van der Waals surface area contributed by atoms with Crippen LogP contribution in [0.1, 0.15) is 38.7 Å². The van der Waals surface area contributed by atoms with Crippen LogP contribution in [0, 0.1) is 11.3 Å². The number of fused-ring (bicyclic) bond motifs is 1. The first-order valence-electron chi connectivity index (χ1n) is 8.27. The average molecular weight is 286 g/mol. The first-order valence-corrected chi connectivity index (χ1v) is 8.27. The molecule has 3 heteroatoms. The van der Waals surface area contributed by atoms with E-state index in [0.29, 0.717) is 11.8 Å². The van der Waals surface area contributed by atoms with E-state index in [1.165, 1.54) is 5.56 Å². The molecule has 2 aliphatic heterocycles. The van der Waals surface area contributed by atoms with Gasteiger partial charge in [0.1, 0.15) is 0 Å². The predicted molar refractivity (Wildman–Crippen MR) is 86.5 cm³/mol. The highest BCUT2D eigenvalue weighted by Crippen LogP contribution is 2.37. The number of anilines is 1. The third kappa shape index (κ3) is 2.59. The maximum Gasteiger partial charge on any atom is 0.234 e. The number of nitrogens with zero attached hydrogens (tertiary/aromatic N) is 1. The van der Waals surface area contributed by atoms with Crippen LogP contribution in [0.4, 0.5) is 5.69 Å². The van der Waals surface area contributed by atoms with Crippen molar-refractivity contribution in [1.29, 1.82) is 0 Å². The van der Waals surface area contributed by atoms with Crippen molar-refractivity contribution >= 4 is 11.6 Å². The van der Waals surface area contributed by atoms with Crippen LogP contribution in [0.2, 0.25) is 0 Å². The Kier molecular flexibility index (Phi) is 4.03. The zero-order chi connectivity index (χ0) is 14.9. The molecule has 1 aromatic carbocycles. The van der Waals surface area contributed by atoms with E-state index in [4.69, 9.17) is 0 Å². The number of hydrogen-bond donors (Lipinski definition) is 1. The highest BCUT2D eigenvalue weighted by molar-refractivity contribution is 5.99. The Hall–Kier alpha value is -1.35. The van der Waals surface area contributed by atoms with Gasteiger partial charge in [-0.15, -0.1) is 0 Å². The second-order valence-electron chi connectivity index (χ2n) is 6.77. The quantitative estimate of drug-likeness (QED) is 0.906. The van der Waals surface area contributed by atoms with E-state index in [1.807, 2.05) is 6.07 Å². The van der Waals surface area contributed by atoms with Gasteiger partial charge in [0.25, 0.3) is 0 Å². The molecule has 0 aliphatic carbocycles. The van der Waals surface area contributed by atoms with Crippen molar-refractivity contribution in [3.8, 4) is 0 Å². The van der Waals surface area contributed by atoms with Crippen LogP contribution in [0.25, 0.3) is 0 Å². The van der Waals surface area contributed by atoms with E-state index < -0.39 is 0 Å². The number of para-hydroxylation sites is 1. The molecule has 21 heavy (non-hydrogen) atoms. The molecule has 0 spiro atoms. The van der Waals surface area contributed by atoms with Gasteiger partial charge in [0, 0.05) is 18.8 Å². The molecule has 0 saturated carbocycles.